The summed E-state index contributed by atoms with van der Waals surface area (Å²) in [6, 6.07) is 14.9. The molecule has 3 heterocycles. The van der Waals surface area contributed by atoms with Crippen molar-refractivity contribution in [1.82, 2.24) is 14.9 Å². The van der Waals surface area contributed by atoms with Crippen molar-refractivity contribution in [3.63, 3.8) is 0 Å². The average molecular weight is 408 g/mol. The molecule has 0 bridgehead atoms. The minimum Gasteiger partial charge on any atom is -0.496 e. The van der Waals surface area contributed by atoms with Crippen LogP contribution < -0.4 is 4.74 Å². The lowest BCUT2D eigenvalue weighted by Crippen LogP contribution is -2.61. The molecule has 2 aliphatic rings. The second-order valence-electron chi connectivity index (χ2n) is 7.21. The number of carbonyl (C=O) groups excluding carboxylic acids is 1. The molecule has 1 amide bonds. The van der Waals surface area contributed by atoms with Gasteiger partial charge < -0.3 is 14.4 Å². The van der Waals surface area contributed by atoms with Crippen LogP contribution in [0.3, 0.4) is 0 Å². The number of aromatic nitrogens is 2. The molecule has 0 aliphatic carbocycles. The topological polar surface area (TPSA) is 64.5 Å². The van der Waals surface area contributed by atoms with Crippen LogP contribution in [0.2, 0.25) is 5.02 Å². The predicted octanol–water partition coefficient (Wildman–Crippen LogP) is 3.69. The highest BCUT2D eigenvalue weighted by Gasteiger charge is 2.53. The first-order valence-corrected chi connectivity index (χ1v) is 9.66. The number of halogens is 1. The molecule has 0 unspecified atom stereocenters. The molecule has 7 heteroatoms. The molecule has 5 rings (SSSR count). The zero-order valence-corrected chi connectivity index (χ0v) is 16.5. The molecule has 29 heavy (non-hydrogen) atoms. The zero-order chi connectivity index (χ0) is 20.0. The summed E-state index contributed by atoms with van der Waals surface area (Å²) in [5.41, 5.74) is 2.77. The molecule has 0 saturated carbocycles. The first-order valence-electron chi connectivity index (χ1n) is 9.28. The lowest BCUT2D eigenvalue weighted by Gasteiger charge is -2.47. The minimum atomic E-state index is -0.528. The fraction of sp³-hybridized carbons (Fsp3) is 0.227. The number of carbonyl (C=O) groups is 1. The summed E-state index contributed by atoms with van der Waals surface area (Å²) in [7, 11) is 1.53. The number of amides is 1. The normalized spacial score (nSPS) is 16.4. The molecule has 146 valence electrons. The maximum atomic E-state index is 12.9. The summed E-state index contributed by atoms with van der Waals surface area (Å²) in [5.74, 6) is 1.04. The molecular weight excluding hydrogens is 390 g/mol. The van der Waals surface area contributed by atoms with Crippen molar-refractivity contribution in [3.8, 4) is 17.1 Å². The maximum absolute atomic E-state index is 12.9. The van der Waals surface area contributed by atoms with Crippen LogP contribution in [-0.2, 0) is 16.9 Å². The standard InChI is InChI=1S/C22H18ClN3O3/c1-28-19-9-15(23)7-8-16(19)21(27)26-12-22(13-26)17-10-24-20(25-18(17)11-29-22)14-5-3-2-4-6-14/h2-10H,11-13H2,1H3. The molecular formula is C22H18ClN3O3. The molecule has 1 aromatic heterocycles. The number of benzene rings is 2. The number of nitrogens with zero attached hydrogens (tertiary/aromatic N) is 3. The molecule has 1 saturated heterocycles. The van der Waals surface area contributed by atoms with Crippen LogP contribution in [0.1, 0.15) is 21.6 Å². The summed E-state index contributed by atoms with van der Waals surface area (Å²) in [5, 5.41) is 0.526. The Morgan fingerprint density at radius 2 is 2.00 bits per heavy atom. The van der Waals surface area contributed by atoms with E-state index in [1.807, 2.05) is 36.5 Å². The van der Waals surface area contributed by atoms with Gasteiger partial charge in [-0.25, -0.2) is 9.97 Å². The first kappa shape index (κ1) is 18.1. The van der Waals surface area contributed by atoms with Crippen molar-refractivity contribution in [3.05, 3.63) is 76.6 Å². The number of ether oxygens (including phenoxy) is 2. The van der Waals surface area contributed by atoms with Gasteiger partial charge in [0.2, 0.25) is 0 Å². The van der Waals surface area contributed by atoms with Crippen LogP contribution in [0, 0.1) is 0 Å². The van der Waals surface area contributed by atoms with E-state index < -0.39 is 5.60 Å². The van der Waals surface area contributed by atoms with E-state index in [9.17, 15) is 4.79 Å². The van der Waals surface area contributed by atoms with Crippen molar-refractivity contribution in [2.75, 3.05) is 20.2 Å². The third kappa shape index (κ3) is 2.96. The zero-order valence-electron chi connectivity index (χ0n) is 15.8. The maximum Gasteiger partial charge on any atom is 0.257 e. The first-order chi connectivity index (χ1) is 14.1. The van der Waals surface area contributed by atoms with Gasteiger partial charge in [-0.1, -0.05) is 41.9 Å². The third-order valence-corrected chi connectivity index (χ3v) is 5.68. The fourth-order valence-corrected chi connectivity index (χ4v) is 4.07. The Labute approximate surface area is 173 Å². The van der Waals surface area contributed by atoms with Gasteiger partial charge in [-0.05, 0) is 18.2 Å². The second kappa shape index (κ2) is 6.83. The highest BCUT2D eigenvalue weighted by atomic mass is 35.5. The molecule has 2 aromatic carbocycles. The number of rotatable bonds is 3. The number of fused-ring (bicyclic) bond motifs is 2. The molecule has 1 fully saturated rings. The van der Waals surface area contributed by atoms with E-state index in [1.54, 1.807) is 23.1 Å². The van der Waals surface area contributed by atoms with Gasteiger partial charge in [0.25, 0.3) is 5.91 Å². The highest BCUT2D eigenvalue weighted by molar-refractivity contribution is 6.30. The lowest BCUT2D eigenvalue weighted by molar-refractivity contribution is -0.126. The van der Waals surface area contributed by atoms with Crippen LogP contribution in [0.4, 0.5) is 0 Å². The Morgan fingerprint density at radius 1 is 1.21 bits per heavy atom. The highest BCUT2D eigenvalue weighted by Crippen LogP contribution is 2.43. The predicted molar refractivity (Wildman–Crippen MR) is 108 cm³/mol. The molecule has 3 aromatic rings. The minimum absolute atomic E-state index is 0.108. The van der Waals surface area contributed by atoms with Gasteiger partial charge in [0.1, 0.15) is 11.4 Å². The number of hydrogen-bond donors (Lipinski definition) is 0. The Morgan fingerprint density at radius 3 is 2.76 bits per heavy atom. The molecule has 0 atom stereocenters. The van der Waals surface area contributed by atoms with E-state index in [0.717, 1.165) is 16.8 Å². The van der Waals surface area contributed by atoms with E-state index in [1.165, 1.54) is 7.11 Å². The van der Waals surface area contributed by atoms with Crippen molar-refractivity contribution < 1.29 is 14.3 Å². The fourth-order valence-electron chi connectivity index (χ4n) is 3.91. The largest absolute Gasteiger partial charge is 0.496 e. The lowest BCUT2D eigenvalue weighted by atomic mass is 9.87. The smallest absolute Gasteiger partial charge is 0.257 e. The molecule has 0 radical (unpaired) electrons. The SMILES string of the molecule is COc1cc(Cl)ccc1C(=O)N1CC2(C1)OCc1nc(-c3ccccc3)ncc12. The van der Waals surface area contributed by atoms with Gasteiger partial charge >= 0.3 is 0 Å². The quantitative estimate of drug-likeness (QED) is 0.662. The van der Waals surface area contributed by atoms with E-state index >= 15 is 0 Å². The summed E-state index contributed by atoms with van der Waals surface area (Å²) >= 11 is 6.00. The summed E-state index contributed by atoms with van der Waals surface area (Å²) in [4.78, 5) is 23.9. The van der Waals surface area contributed by atoms with Crippen molar-refractivity contribution in [2.45, 2.75) is 12.2 Å². The van der Waals surface area contributed by atoms with Crippen molar-refractivity contribution in [2.24, 2.45) is 0 Å². The third-order valence-electron chi connectivity index (χ3n) is 5.45. The van der Waals surface area contributed by atoms with Gasteiger partial charge in [-0.2, -0.15) is 0 Å². The van der Waals surface area contributed by atoms with Gasteiger partial charge in [-0.3, -0.25) is 4.79 Å². The van der Waals surface area contributed by atoms with Gasteiger partial charge in [0.15, 0.2) is 5.82 Å². The van der Waals surface area contributed by atoms with Crippen LogP contribution in [0.15, 0.2) is 54.7 Å². The number of methoxy groups -OCH3 is 1. The van der Waals surface area contributed by atoms with Gasteiger partial charge in [-0.15, -0.1) is 0 Å². The van der Waals surface area contributed by atoms with Crippen LogP contribution in [-0.4, -0.2) is 41.0 Å². The van der Waals surface area contributed by atoms with Gasteiger partial charge in [0.05, 0.1) is 38.1 Å². The summed E-state index contributed by atoms with van der Waals surface area (Å²) < 4.78 is 11.4. The Hall–Kier alpha value is -2.96. The average Bonchev–Trinajstić information content (AvgIpc) is 3.12. The summed E-state index contributed by atoms with van der Waals surface area (Å²) in [6.45, 7) is 1.33. The Kier molecular flexibility index (Phi) is 4.26. The second-order valence-corrected chi connectivity index (χ2v) is 7.65. The van der Waals surface area contributed by atoms with Crippen molar-refractivity contribution >= 4 is 17.5 Å². The Bertz CT molecular complexity index is 1100. The molecule has 1 spiro atoms. The number of hydrogen-bond acceptors (Lipinski definition) is 5. The van der Waals surface area contributed by atoms with Crippen LogP contribution >= 0.6 is 11.6 Å². The van der Waals surface area contributed by atoms with E-state index in [-0.39, 0.29) is 5.91 Å². The van der Waals surface area contributed by atoms with Crippen molar-refractivity contribution in [1.29, 1.82) is 0 Å². The Balaban J connectivity index is 1.37. The van der Waals surface area contributed by atoms with Gasteiger partial charge in [0, 0.05) is 22.3 Å². The molecule has 2 aliphatic heterocycles. The number of likely N-dealkylation sites (tertiary alicyclic amines) is 1. The van der Waals surface area contributed by atoms with E-state index in [2.05, 4.69) is 4.98 Å². The summed E-state index contributed by atoms with van der Waals surface area (Å²) in [6.07, 6.45) is 1.84. The van der Waals surface area contributed by atoms with E-state index in [4.69, 9.17) is 26.1 Å². The molecule has 0 N–H and O–H groups in total. The monoisotopic (exact) mass is 407 g/mol. The van der Waals surface area contributed by atoms with Crippen LogP contribution in [0.5, 0.6) is 5.75 Å². The van der Waals surface area contributed by atoms with E-state index in [0.29, 0.717) is 41.9 Å². The van der Waals surface area contributed by atoms with Crippen LogP contribution in [0.25, 0.3) is 11.4 Å². The molecule has 6 nitrogen and oxygen atoms in total.